The minimum atomic E-state index is -3.50. The molecule has 1 amide bonds. The molecule has 0 spiro atoms. The monoisotopic (exact) mass is 340 g/mol. The summed E-state index contributed by atoms with van der Waals surface area (Å²) in [6.45, 7) is 10.6. The van der Waals surface area contributed by atoms with Crippen molar-refractivity contribution < 1.29 is 13.2 Å². The Morgan fingerprint density at radius 2 is 1.52 bits per heavy atom. The Hall–Kier alpha value is -1.40. The Bertz CT molecular complexity index is 610. The van der Waals surface area contributed by atoms with Crippen LogP contribution in [0.1, 0.15) is 57.8 Å². The molecule has 0 fully saturated rings. The van der Waals surface area contributed by atoms with Gasteiger partial charge in [0.25, 0.3) is 5.91 Å². The maximum atomic E-state index is 12.6. The summed E-state index contributed by atoms with van der Waals surface area (Å²) >= 11 is 0. The Morgan fingerprint density at radius 3 is 1.91 bits per heavy atom. The van der Waals surface area contributed by atoms with Crippen LogP contribution in [0.15, 0.2) is 29.2 Å². The number of sulfonamides is 1. The Morgan fingerprint density at radius 1 is 1.04 bits per heavy atom. The van der Waals surface area contributed by atoms with Crippen molar-refractivity contribution in [1.29, 1.82) is 0 Å². The Labute approximate surface area is 140 Å². The second kappa shape index (κ2) is 7.93. The molecule has 5 nitrogen and oxygen atoms in total. The standard InChI is InChI=1S/C17H28N2O3S/c1-6-12-19(13-7-2)23(21,22)15-10-8-14(9-11-15)16(20)18-17(3,4)5/h8-11H,6-7,12-13H2,1-5H3,(H,18,20). The summed E-state index contributed by atoms with van der Waals surface area (Å²) in [5.74, 6) is -0.208. The molecule has 0 bridgehead atoms. The zero-order valence-corrected chi connectivity index (χ0v) is 15.5. The molecule has 1 N–H and O–H groups in total. The molecule has 6 heteroatoms. The van der Waals surface area contributed by atoms with E-state index < -0.39 is 10.0 Å². The van der Waals surface area contributed by atoms with Crippen molar-refractivity contribution in [3.63, 3.8) is 0 Å². The first-order valence-corrected chi connectivity index (χ1v) is 9.48. The summed E-state index contributed by atoms with van der Waals surface area (Å²) in [7, 11) is -3.50. The molecule has 0 atom stereocenters. The molecule has 0 aliphatic heterocycles. The van der Waals surface area contributed by atoms with Crippen LogP contribution in [0.25, 0.3) is 0 Å². The average Bonchev–Trinajstić information content (AvgIpc) is 2.45. The highest BCUT2D eigenvalue weighted by atomic mass is 32.2. The quantitative estimate of drug-likeness (QED) is 0.829. The summed E-state index contributed by atoms with van der Waals surface area (Å²) in [5, 5.41) is 2.86. The summed E-state index contributed by atoms with van der Waals surface area (Å²) in [5.41, 5.74) is 0.123. The summed E-state index contributed by atoms with van der Waals surface area (Å²) in [6.07, 6.45) is 1.54. The lowest BCUT2D eigenvalue weighted by atomic mass is 10.1. The fourth-order valence-electron chi connectivity index (χ4n) is 2.19. The topological polar surface area (TPSA) is 66.5 Å². The molecule has 0 aliphatic rings. The van der Waals surface area contributed by atoms with Crippen LogP contribution in [0.4, 0.5) is 0 Å². The van der Waals surface area contributed by atoms with Gasteiger partial charge < -0.3 is 5.32 Å². The van der Waals surface area contributed by atoms with E-state index >= 15 is 0 Å². The van der Waals surface area contributed by atoms with Crippen LogP contribution < -0.4 is 5.32 Å². The summed E-state index contributed by atoms with van der Waals surface area (Å²) in [6, 6.07) is 6.13. The van der Waals surface area contributed by atoms with Gasteiger partial charge in [-0.15, -0.1) is 0 Å². The van der Waals surface area contributed by atoms with Gasteiger partial charge in [-0.2, -0.15) is 4.31 Å². The highest BCUT2D eigenvalue weighted by Crippen LogP contribution is 2.17. The van der Waals surface area contributed by atoms with Crippen LogP contribution in [0.2, 0.25) is 0 Å². The van der Waals surface area contributed by atoms with Gasteiger partial charge in [0.15, 0.2) is 0 Å². The normalized spacial score (nSPS) is 12.4. The molecule has 23 heavy (non-hydrogen) atoms. The van der Waals surface area contributed by atoms with E-state index in [1.807, 2.05) is 34.6 Å². The molecule has 0 saturated heterocycles. The SMILES string of the molecule is CCCN(CCC)S(=O)(=O)c1ccc(C(=O)NC(C)(C)C)cc1. The maximum Gasteiger partial charge on any atom is 0.251 e. The second-order valence-corrected chi connectivity index (χ2v) is 8.57. The van der Waals surface area contributed by atoms with Gasteiger partial charge in [0.1, 0.15) is 0 Å². The van der Waals surface area contributed by atoms with E-state index in [4.69, 9.17) is 0 Å². The fourth-order valence-corrected chi connectivity index (χ4v) is 3.82. The molecule has 0 aromatic heterocycles. The predicted octanol–water partition coefficient (Wildman–Crippen LogP) is 3.03. The maximum absolute atomic E-state index is 12.6. The lowest BCUT2D eigenvalue weighted by molar-refractivity contribution is 0.0919. The van der Waals surface area contributed by atoms with Crippen molar-refractivity contribution in [2.75, 3.05) is 13.1 Å². The molecule has 1 aromatic carbocycles. The number of amides is 1. The van der Waals surface area contributed by atoms with E-state index in [0.29, 0.717) is 18.7 Å². The number of carbonyl (C=O) groups is 1. The highest BCUT2D eigenvalue weighted by molar-refractivity contribution is 7.89. The number of carbonyl (C=O) groups excluding carboxylic acids is 1. The fraction of sp³-hybridized carbons (Fsp3) is 0.588. The number of hydrogen-bond acceptors (Lipinski definition) is 3. The van der Waals surface area contributed by atoms with Gasteiger partial charge in [0, 0.05) is 24.2 Å². The van der Waals surface area contributed by atoms with Crippen LogP contribution in [-0.4, -0.2) is 37.3 Å². The van der Waals surface area contributed by atoms with Crippen molar-refractivity contribution in [2.24, 2.45) is 0 Å². The van der Waals surface area contributed by atoms with Crippen molar-refractivity contribution in [3.8, 4) is 0 Å². The number of nitrogens with zero attached hydrogens (tertiary/aromatic N) is 1. The average molecular weight is 340 g/mol. The van der Waals surface area contributed by atoms with E-state index in [9.17, 15) is 13.2 Å². The Kier molecular flexibility index (Phi) is 6.77. The van der Waals surface area contributed by atoms with E-state index in [-0.39, 0.29) is 16.3 Å². The molecular weight excluding hydrogens is 312 g/mol. The van der Waals surface area contributed by atoms with E-state index in [0.717, 1.165) is 12.8 Å². The van der Waals surface area contributed by atoms with Gasteiger partial charge in [-0.1, -0.05) is 13.8 Å². The van der Waals surface area contributed by atoms with Crippen LogP contribution in [0.5, 0.6) is 0 Å². The van der Waals surface area contributed by atoms with Crippen LogP contribution in [-0.2, 0) is 10.0 Å². The van der Waals surface area contributed by atoms with E-state index in [2.05, 4.69) is 5.32 Å². The van der Waals surface area contributed by atoms with E-state index in [1.54, 1.807) is 12.1 Å². The van der Waals surface area contributed by atoms with Gasteiger partial charge in [0.2, 0.25) is 10.0 Å². The number of rotatable bonds is 7. The third-order valence-electron chi connectivity index (χ3n) is 3.19. The Balaban J connectivity index is 3.00. The molecule has 0 aliphatic carbocycles. The predicted molar refractivity (Wildman–Crippen MR) is 93.0 cm³/mol. The van der Waals surface area contributed by atoms with Crippen LogP contribution in [0.3, 0.4) is 0 Å². The van der Waals surface area contributed by atoms with Gasteiger partial charge in [-0.3, -0.25) is 4.79 Å². The molecular formula is C17H28N2O3S. The van der Waals surface area contributed by atoms with Crippen molar-refractivity contribution >= 4 is 15.9 Å². The molecule has 1 rings (SSSR count). The van der Waals surface area contributed by atoms with Gasteiger partial charge in [-0.05, 0) is 57.9 Å². The first-order valence-electron chi connectivity index (χ1n) is 8.04. The van der Waals surface area contributed by atoms with Crippen molar-refractivity contribution in [2.45, 2.75) is 57.9 Å². The largest absolute Gasteiger partial charge is 0.347 e. The lowest BCUT2D eigenvalue weighted by Crippen LogP contribution is -2.40. The number of nitrogens with one attached hydrogen (secondary N) is 1. The first-order chi connectivity index (χ1) is 10.6. The summed E-state index contributed by atoms with van der Waals surface area (Å²) in [4.78, 5) is 12.3. The minimum absolute atomic E-state index is 0.208. The zero-order valence-electron chi connectivity index (χ0n) is 14.7. The lowest BCUT2D eigenvalue weighted by Gasteiger charge is -2.22. The minimum Gasteiger partial charge on any atom is -0.347 e. The molecule has 0 unspecified atom stereocenters. The zero-order chi connectivity index (χ0) is 17.7. The van der Waals surface area contributed by atoms with Gasteiger partial charge in [0.05, 0.1) is 4.90 Å². The smallest absolute Gasteiger partial charge is 0.251 e. The van der Waals surface area contributed by atoms with Crippen molar-refractivity contribution in [1.82, 2.24) is 9.62 Å². The number of benzene rings is 1. The van der Waals surface area contributed by atoms with Gasteiger partial charge >= 0.3 is 0 Å². The molecule has 0 heterocycles. The van der Waals surface area contributed by atoms with Crippen molar-refractivity contribution in [3.05, 3.63) is 29.8 Å². The molecule has 0 saturated carbocycles. The second-order valence-electron chi connectivity index (χ2n) is 6.63. The number of hydrogen-bond donors (Lipinski definition) is 1. The molecule has 130 valence electrons. The molecule has 1 aromatic rings. The third kappa shape index (κ3) is 5.62. The highest BCUT2D eigenvalue weighted by Gasteiger charge is 2.23. The van der Waals surface area contributed by atoms with Crippen LogP contribution >= 0.6 is 0 Å². The summed E-state index contributed by atoms with van der Waals surface area (Å²) < 4.78 is 26.8. The van der Waals surface area contributed by atoms with Gasteiger partial charge in [-0.25, -0.2) is 8.42 Å². The van der Waals surface area contributed by atoms with E-state index in [1.165, 1.54) is 16.4 Å². The van der Waals surface area contributed by atoms with Crippen LogP contribution in [0, 0.1) is 0 Å². The molecule has 0 radical (unpaired) electrons. The first kappa shape index (κ1) is 19.6. The third-order valence-corrected chi connectivity index (χ3v) is 5.10.